The molecule has 1 aromatic carbocycles. The van der Waals surface area contributed by atoms with Gasteiger partial charge in [-0.15, -0.1) is 0 Å². The number of amides is 7. The number of carboxylic acids is 3. The van der Waals surface area contributed by atoms with Crippen LogP contribution in [0.25, 0.3) is 0 Å². The lowest BCUT2D eigenvalue weighted by Gasteiger charge is -2.28. The number of nitrogens with zero attached hydrogens (tertiary/aromatic N) is 1. The molecule has 0 aliphatic carbocycles. The van der Waals surface area contributed by atoms with E-state index in [1.165, 1.54) is 19.4 Å². The van der Waals surface area contributed by atoms with E-state index in [0.29, 0.717) is 11.3 Å². The van der Waals surface area contributed by atoms with Crippen LogP contribution in [-0.4, -0.2) is 156 Å². The van der Waals surface area contributed by atoms with Crippen LogP contribution in [0.15, 0.2) is 42.9 Å². The van der Waals surface area contributed by atoms with Gasteiger partial charge in [0, 0.05) is 31.2 Å². The molecule has 25 nitrogen and oxygen atoms in total. The van der Waals surface area contributed by atoms with Crippen LogP contribution < -0.4 is 43.0 Å². The van der Waals surface area contributed by atoms with Crippen molar-refractivity contribution in [2.24, 2.45) is 11.7 Å². The maximum absolute atomic E-state index is 13.9. The summed E-state index contributed by atoms with van der Waals surface area (Å²) >= 11 is 0. The first kappa shape index (κ1) is 54.1. The number of hydrogen-bond donors (Lipinski definition) is 14. The normalized spacial score (nSPS) is 15.2. The second kappa shape index (κ2) is 26.6. The number of nitrogens with two attached hydrogens (primary N) is 1. The van der Waals surface area contributed by atoms with Crippen LogP contribution in [-0.2, 0) is 60.8 Å². The van der Waals surface area contributed by atoms with Crippen molar-refractivity contribution in [3.05, 3.63) is 54.1 Å². The third kappa shape index (κ3) is 19.1. The second-order valence-corrected chi connectivity index (χ2v) is 15.5. The van der Waals surface area contributed by atoms with Crippen LogP contribution in [0.4, 0.5) is 0 Å². The van der Waals surface area contributed by atoms with Crippen LogP contribution in [0.1, 0.15) is 64.6 Å². The minimum Gasteiger partial charge on any atom is -0.481 e. The number of rotatable bonds is 28. The van der Waals surface area contributed by atoms with E-state index in [2.05, 4.69) is 47.2 Å². The summed E-state index contributed by atoms with van der Waals surface area (Å²) in [6.07, 6.45) is -1.79. The number of nitrogens with one attached hydrogen (secondary N) is 8. The Kier molecular flexibility index (Phi) is 22.2. The van der Waals surface area contributed by atoms with Gasteiger partial charge in [-0.25, -0.2) is 9.78 Å². The molecule has 25 heteroatoms. The molecule has 0 radical (unpaired) electrons. The molecule has 2 aromatic rings. The molecule has 0 saturated heterocycles. The minimum atomic E-state index is -1.92. The van der Waals surface area contributed by atoms with Crippen molar-refractivity contribution in [1.82, 2.24) is 47.2 Å². The molecule has 2 rings (SSSR count). The third-order valence-corrected chi connectivity index (χ3v) is 9.49. The number of aromatic nitrogens is 2. The molecule has 0 saturated carbocycles. The van der Waals surface area contributed by atoms with Gasteiger partial charge in [0.2, 0.25) is 41.4 Å². The Morgan fingerprint density at radius 3 is 1.74 bits per heavy atom. The fourth-order valence-corrected chi connectivity index (χ4v) is 6.00. The van der Waals surface area contributed by atoms with Crippen molar-refractivity contribution in [3.8, 4) is 0 Å². The van der Waals surface area contributed by atoms with Gasteiger partial charge in [0.25, 0.3) is 0 Å². The minimum absolute atomic E-state index is 0.0892. The van der Waals surface area contributed by atoms with Crippen molar-refractivity contribution in [3.63, 3.8) is 0 Å². The predicted molar refractivity (Wildman–Crippen MR) is 225 cm³/mol. The molecule has 7 amide bonds. The summed E-state index contributed by atoms with van der Waals surface area (Å²) in [5.41, 5.74) is 6.34. The maximum Gasteiger partial charge on any atom is 0.326 e. The molecule has 1 aromatic heterocycles. The summed E-state index contributed by atoms with van der Waals surface area (Å²) in [6, 6.07) is -4.58. The molecule has 0 aliphatic heterocycles. The number of benzene rings is 1. The Morgan fingerprint density at radius 2 is 1.20 bits per heavy atom. The number of carbonyl (C=O) groups excluding carboxylic acids is 7. The van der Waals surface area contributed by atoms with Gasteiger partial charge in [-0.05, 0) is 38.2 Å². The van der Waals surface area contributed by atoms with E-state index >= 15 is 0 Å². The van der Waals surface area contributed by atoms with Crippen LogP contribution in [0.2, 0.25) is 0 Å². The highest BCUT2D eigenvalue weighted by atomic mass is 16.4. The van der Waals surface area contributed by atoms with Crippen LogP contribution in [0.3, 0.4) is 0 Å². The highest BCUT2D eigenvalue weighted by Crippen LogP contribution is 2.10. The Hall–Kier alpha value is -6.99. The highest BCUT2D eigenvalue weighted by molar-refractivity contribution is 5.98. The number of H-pyrrole nitrogens is 1. The van der Waals surface area contributed by atoms with Gasteiger partial charge >= 0.3 is 17.9 Å². The SMILES string of the molecule is CC(C)CC(NC(=O)C(N)CO)C(=O)NC(C)C(=O)NC(CC(=O)O)C(=O)NC(C(=O)NC(Cc1ccccc1)C(=O)NC(CCC(=O)O)C(=O)NC(Cc1cnc[nH]1)C(=O)O)C(C)O. The van der Waals surface area contributed by atoms with Gasteiger partial charge in [0.15, 0.2) is 0 Å². The quantitative estimate of drug-likeness (QED) is 0.0385. The largest absolute Gasteiger partial charge is 0.481 e. The monoisotopic (exact) mass is 918 g/mol. The number of hydrogen-bond acceptors (Lipinski definition) is 14. The maximum atomic E-state index is 13.9. The first-order valence-corrected chi connectivity index (χ1v) is 20.4. The number of aliphatic hydroxyl groups excluding tert-OH is 2. The summed E-state index contributed by atoms with van der Waals surface area (Å²) in [5, 5.41) is 64.6. The van der Waals surface area contributed by atoms with Gasteiger partial charge in [-0.3, -0.25) is 43.2 Å². The van der Waals surface area contributed by atoms with Gasteiger partial charge in [-0.1, -0.05) is 44.2 Å². The Morgan fingerprint density at radius 1 is 0.646 bits per heavy atom. The Balaban J connectivity index is 2.33. The van der Waals surface area contributed by atoms with Crippen LogP contribution in [0.5, 0.6) is 0 Å². The molecule has 0 bridgehead atoms. The topological polar surface area (TPSA) is 411 Å². The van der Waals surface area contributed by atoms with E-state index in [1.54, 1.807) is 44.2 Å². The van der Waals surface area contributed by atoms with Crippen molar-refractivity contribution in [2.75, 3.05) is 6.61 Å². The molecule has 0 spiro atoms. The summed E-state index contributed by atoms with van der Waals surface area (Å²) in [7, 11) is 0. The highest BCUT2D eigenvalue weighted by Gasteiger charge is 2.36. The van der Waals surface area contributed by atoms with Crippen molar-refractivity contribution in [2.45, 2.75) is 121 Å². The molecule has 65 heavy (non-hydrogen) atoms. The van der Waals surface area contributed by atoms with Crippen molar-refractivity contribution >= 4 is 59.3 Å². The fourth-order valence-electron chi connectivity index (χ4n) is 6.00. The molecular formula is C40H58N10O15. The van der Waals surface area contributed by atoms with Gasteiger partial charge in [-0.2, -0.15) is 0 Å². The molecular weight excluding hydrogens is 860 g/mol. The van der Waals surface area contributed by atoms with Crippen LogP contribution >= 0.6 is 0 Å². The van der Waals surface area contributed by atoms with E-state index in [1.807, 2.05) is 0 Å². The number of carboxylic acid groups (broad SMARTS) is 3. The zero-order valence-electron chi connectivity index (χ0n) is 36.1. The number of aliphatic hydroxyl groups is 2. The number of carbonyl (C=O) groups is 10. The lowest BCUT2D eigenvalue weighted by molar-refractivity contribution is -0.143. The first-order valence-electron chi connectivity index (χ1n) is 20.4. The lowest BCUT2D eigenvalue weighted by atomic mass is 10.0. The summed E-state index contributed by atoms with van der Waals surface area (Å²) in [5.74, 6) is -11.9. The predicted octanol–water partition coefficient (Wildman–Crippen LogP) is -4.22. The fraction of sp³-hybridized carbons (Fsp3) is 0.525. The molecule has 0 fully saturated rings. The average molecular weight is 919 g/mol. The summed E-state index contributed by atoms with van der Waals surface area (Å²) in [4.78, 5) is 135. The molecule has 358 valence electrons. The first-order chi connectivity index (χ1) is 30.5. The molecule has 15 N–H and O–H groups in total. The van der Waals surface area contributed by atoms with E-state index in [-0.39, 0.29) is 25.2 Å². The zero-order valence-corrected chi connectivity index (χ0v) is 36.1. The van der Waals surface area contributed by atoms with E-state index < -0.39 is 140 Å². The van der Waals surface area contributed by atoms with E-state index in [4.69, 9.17) is 5.73 Å². The van der Waals surface area contributed by atoms with E-state index in [0.717, 1.165) is 6.92 Å². The van der Waals surface area contributed by atoms with Crippen molar-refractivity contribution in [1.29, 1.82) is 0 Å². The second-order valence-electron chi connectivity index (χ2n) is 15.5. The molecule has 9 atom stereocenters. The van der Waals surface area contributed by atoms with Gasteiger partial charge < -0.3 is 73.5 Å². The smallest absolute Gasteiger partial charge is 0.326 e. The van der Waals surface area contributed by atoms with Crippen LogP contribution in [0, 0.1) is 5.92 Å². The lowest BCUT2D eigenvalue weighted by Crippen LogP contribution is -2.62. The number of imidazole rings is 1. The zero-order chi connectivity index (χ0) is 49.0. The summed E-state index contributed by atoms with van der Waals surface area (Å²) in [6.45, 7) is 5.06. The van der Waals surface area contributed by atoms with Gasteiger partial charge in [0.1, 0.15) is 48.3 Å². The van der Waals surface area contributed by atoms with Gasteiger partial charge in [0.05, 0.1) is 25.5 Å². The van der Waals surface area contributed by atoms with Crippen molar-refractivity contribution < 1.29 is 73.5 Å². The standard InChI is InChI=1S/C40H58N10O15/c1-19(2)12-26(47-34(58)24(41)17-51)36(60)44-20(3)33(57)46-28(15-31(55)56)38(62)50-32(21(4)52)39(63)48-27(13-22-8-6-5-7-9-22)37(61)45-25(10-11-30(53)54)35(59)49-29(40(64)65)14-23-16-42-18-43-23/h5-9,16,18-21,24-29,32,51-52H,10-15,17,41H2,1-4H3,(H,42,43)(H,44,60)(H,45,61)(H,46,57)(H,47,58)(H,48,63)(H,49,59)(H,50,62)(H,53,54)(H,55,56)(H,64,65). The molecule has 9 unspecified atom stereocenters. The Bertz CT molecular complexity index is 1970. The van der Waals surface area contributed by atoms with E-state index in [9.17, 15) is 73.5 Å². The average Bonchev–Trinajstić information content (AvgIpc) is 3.75. The molecule has 0 aliphatic rings. The third-order valence-electron chi connectivity index (χ3n) is 9.49. The Labute approximate surface area is 372 Å². The number of aromatic amines is 1. The number of aliphatic carboxylic acids is 3. The molecule has 1 heterocycles. The summed E-state index contributed by atoms with van der Waals surface area (Å²) < 4.78 is 0.